The lowest BCUT2D eigenvalue weighted by Crippen LogP contribution is -2.51. The van der Waals surface area contributed by atoms with Crippen molar-refractivity contribution < 1.29 is 0 Å². The molecule has 1 aromatic heterocycles. The molecule has 1 saturated heterocycles. The van der Waals surface area contributed by atoms with Gasteiger partial charge in [0.2, 0.25) is 0 Å². The average Bonchev–Trinajstić information content (AvgIpc) is 2.67. The van der Waals surface area contributed by atoms with Crippen molar-refractivity contribution in [1.29, 1.82) is 0 Å². The number of nitrogens with zero attached hydrogens (tertiary/aromatic N) is 5. The molecule has 0 radical (unpaired) electrons. The minimum atomic E-state index is 0.594. The van der Waals surface area contributed by atoms with Gasteiger partial charge in [-0.25, -0.2) is 4.98 Å². The van der Waals surface area contributed by atoms with Crippen LogP contribution in [0.5, 0.6) is 0 Å². The zero-order chi connectivity index (χ0) is 17.5. The van der Waals surface area contributed by atoms with Crippen LogP contribution < -0.4 is 16.0 Å². The molecule has 0 atom stereocenters. The normalized spacial score (nSPS) is 15.3. The molecule has 7 nitrogen and oxygen atoms in total. The highest BCUT2D eigenvalue weighted by atomic mass is 35.5. The molecule has 2 heterocycles. The van der Waals surface area contributed by atoms with E-state index in [1.54, 1.807) is 18.6 Å². The summed E-state index contributed by atoms with van der Waals surface area (Å²) in [6.07, 6.45) is 4.98. The van der Waals surface area contributed by atoms with E-state index in [0.29, 0.717) is 19.0 Å². The molecule has 3 N–H and O–H groups in total. The summed E-state index contributed by atoms with van der Waals surface area (Å²) < 4.78 is 0. The number of nitrogens with one attached hydrogen (secondary N) is 1. The van der Waals surface area contributed by atoms with Gasteiger partial charge in [-0.3, -0.25) is 9.98 Å². The Morgan fingerprint density at radius 1 is 1.16 bits per heavy atom. The van der Waals surface area contributed by atoms with Gasteiger partial charge in [0, 0.05) is 55.8 Å². The van der Waals surface area contributed by atoms with Crippen molar-refractivity contribution in [2.45, 2.75) is 0 Å². The summed E-state index contributed by atoms with van der Waals surface area (Å²) in [5.41, 5.74) is 7.30. The van der Waals surface area contributed by atoms with E-state index in [9.17, 15) is 0 Å². The number of hydrogen-bond acceptors (Lipinski definition) is 5. The lowest BCUT2D eigenvalue weighted by atomic mass is 10.2. The lowest BCUT2D eigenvalue weighted by Gasteiger charge is -2.36. The molecule has 132 valence electrons. The molecule has 1 aliphatic heterocycles. The van der Waals surface area contributed by atoms with Crippen LogP contribution in [-0.4, -0.2) is 60.1 Å². The minimum absolute atomic E-state index is 0.594. The third-order valence-electron chi connectivity index (χ3n) is 4.05. The summed E-state index contributed by atoms with van der Waals surface area (Å²) in [7, 11) is 0. The first-order valence-corrected chi connectivity index (χ1v) is 8.65. The Kier molecular flexibility index (Phi) is 5.90. The topological polar surface area (TPSA) is 82.7 Å². The van der Waals surface area contributed by atoms with Crippen molar-refractivity contribution in [3.05, 3.63) is 47.9 Å². The highest BCUT2D eigenvalue weighted by molar-refractivity contribution is 6.30. The Balaban J connectivity index is 1.43. The smallest absolute Gasteiger partial charge is 0.191 e. The number of hydrogen-bond donors (Lipinski definition) is 2. The number of aliphatic imine (C=N–C) groups is 1. The molecule has 25 heavy (non-hydrogen) atoms. The van der Waals surface area contributed by atoms with E-state index in [-0.39, 0.29) is 0 Å². The van der Waals surface area contributed by atoms with E-state index in [1.807, 2.05) is 24.3 Å². The molecule has 1 fully saturated rings. The van der Waals surface area contributed by atoms with Crippen molar-refractivity contribution in [2.24, 2.45) is 10.7 Å². The van der Waals surface area contributed by atoms with Crippen LogP contribution >= 0.6 is 11.6 Å². The Bertz CT molecular complexity index is 682. The maximum atomic E-state index is 6.12. The predicted molar refractivity (Wildman–Crippen MR) is 102 cm³/mol. The molecule has 1 aromatic carbocycles. The van der Waals surface area contributed by atoms with Gasteiger partial charge in [0.1, 0.15) is 5.82 Å². The minimum Gasteiger partial charge on any atom is -0.370 e. The highest BCUT2D eigenvalue weighted by Crippen LogP contribution is 2.19. The molecular formula is C17H22ClN7. The monoisotopic (exact) mass is 359 g/mol. The zero-order valence-corrected chi connectivity index (χ0v) is 14.7. The third kappa shape index (κ3) is 4.96. The van der Waals surface area contributed by atoms with E-state index in [1.165, 1.54) is 5.69 Å². The highest BCUT2D eigenvalue weighted by Gasteiger charge is 2.18. The Labute approximate surface area is 152 Å². The largest absolute Gasteiger partial charge is 0.370 e. The first kappa shape index (κ1) is 17.3. The second-order valence-corrected chi connectivity index (χ2v) is 6.14. The number of rotatable bonds is 5. The van der Waals surface area contributed by atoms with Gasteiger partial charge in [-0.05, 0) is 24.3 Å². The second kappa shape index (κ2) is 8.53. The van der Waals surface area contributed by atoms with E-state index in [0.717, 1.165) is 37.0 Å². The van der Waals surface area contributed by atoms with Gasteiger partial charge in [0.25, 0.3) is 0 Å². The molecule has 0 spiro atoms. The van der Waals surface area contributed by atoms with E-state index in [4.69, 9.17) is 17.3 Å². The molecular weight excluding hydrogens is 338 g/mol. The number of aromatic nitrogens is 2. The van der Waals surface area contributed by atoms with E-state index in [2.05, 4.69) is 30.1 Å². The lowest BCUT2D eigenvalue weighted by molar-refractivity contribution is 0.381. The van der Waals surface area contributed by atoms with Crippen LogP contribution in [-0.2, 0) is 0 Å². The number of anilines is 2. The molecule has 8 heteroatoms. The van der Waals surface area contributed by atoms with Crippen molar-refractivity contribution in [2.75, 3.05) is 49.5 Å². The average molecular weight is 360 g/mol. The summed E-state index contributed by atoms with van der Waals surface area (Å²) in [5.74, 6) is 1.34. The molecule has 2 aromatic rings. The Morgan fingerprint density at radius 2 is 1.92 bits per heavy atom. The van der Waals surface area contributed by atoms with Crippen LogP contribution in [0.2, 0.25) is 5.02 Å². The molecule has 0 amide bonds. The van der Waals surface area contributed by atoms with Gasteiger partial charge < -0.3 is 20.9 Å². The second-order valence-electron chi connectivity index (χ2n) is 5.71. The summed E-state index contributed by atoms with van der Waals surface area (Å²) in [6, 6.07) is 7.94. The van der Waals surface area contributed by atoms with Crippen molar-refractivity contribution >= 4 is 29.1 Å². The van der Waals surface area contributed by atoms with Crippen LogP contribution in [0, 0.1) is 0 Å². The van der Waals surface area contributed by atoms with Crippen LogP contribution in [0.25, 0.3) is 0 Å². The van der Waals surface area contributed by atoms with Crippen LogP contribution in [0.15, 0.2) is 47.8 Å². The van der Waals surface area contributed by atoms with Crippen LogP contribution in [0.3, 0.4) is 0 Å². The van der Waals surface area contributed by atoms with Gasteiger partial charge in [-0.15, -0.1) is 0 Å². The third-order valence-corrected chi connectivity index (χ3v) is 4.30. The maximum Gasteiger partial charge on any atom is 0.191 e. The summed E-state index contributed by atoms with van der Waals surface area (Å²) in [6.45, 7) is 4.81. The summed E-state index contributed by atoms with van der Waals surface area (Å²) in [4.78, 5) is 17.0. The zero-order valence-electron chi connectivity index (χ0n) is 14.0. The molecule has 0 unspecified atom stereocenters. The summed E-state index contributed by atoms with van der Waals surface area (Å²) in [5, 5.41) is 3.92. The fraction of sp³-hybridized carbons (Fsp3) is 0.353. The fourth-order valence-electron chi connectivity index (χ4n) is 2.69. The maximum absolute atomic E-state index is 6.12. The van der Waals surface area contributed by atoms with Crippen molar-refractivity contribution in [3.63, 3.8) is 0 Å². The Hall–Kier alpha value is -2.54. The van der Waals surface area contributed by atoms with Crippen molar-refractivity contribution in [1.82, 2.24) is 14.9 Å². The predicted octanol–water partition coefficient (Wildman–Crippen LogP) is 1.68. The van der Waals surface area contributed by atoms with Gasteiger partial charge in [0.05, 0.1) is 12.7 Å². The first-order chi connectivity index (χ1) is 12.2. The molecule has 0 bridgehead atoms. The van der Waals surface area contributed by atoms with Crippen molar-refractivity contribution in [3.8, 4) is 0 Å². The van der Waals surface area contributed by atoms with E-state index >= 15 is 0 Å². The van der Waals surface area contributed by atoms with Crippen LogP contribution in [0.4, 0.5) is 11.5 Å². The molecule has 0 saturated carbocycles. The van der Waals surface area contributed by atoms with E-state index < -0.39 is 0 Å². The van der Waals surface area contributed by atoms with Gasteiger partial charge >= 0.3 is 0 Å². The van der Waals surface area contributed by atoms with Gasteiger partial charge in [-0.2, -0.15) is 0 Å². The quantitative estimate of drug-likeness (QED) is 0.480. The fourth-order valence-corrected chi connectivity index (χ4v) is 2.82. The summed E-state index contributed by atoms with van der Waals surface area (Å²) >= 11 is 5.94. The number of guanidine groups is 1. The number of halogens is 1. The Morgan fingerprint density at radius 3 is 2.60 bits per heavy atom. The molecule has 0 aliphatic carbocycles. The van der Waals surface area contributed by atoms with Gasteiger partial charge in [0.15, 0.2) is 5.96 Å². The molecule has 3 rings (SSSR count). The number of nitrogens with two attached hydrogens (primary N) is 1. The van der Waals surface area contributed by atoms with Crippen LogP contribution in [0.1, 0.15) is 0 Å². The SMILES string of the molecule is NC(=NCCNc1cnccn1)N1CCN(c2ccc(Cl)cc2)CC1. The number of benzene rings is 1. The molecule has 1 aliphatic rings. The number of piperazine rings is 1. The standard InChI is InChI=1S/C17H22ClN7/c18-14-1-3-15(4-2-14)24-9-11-25(12-10-24)17(19)23-8-7-22-16-13-20-5-6-21-16/h1-6,13H,7-12H2,(H2,19,23)(H,21,22). The van der Waals surface area contributed by atoms with Gasteiger partial charge in [-0.1, -0.05) is 11.6 Å². The first-order valence-electron chi connectivity index (χ1n) is 8.27.